The van der Waals surface area contributed by atoms with E-state index in [0.29, 0.717) is 13.2 Å². The summed E-state index contributed by atoms with van der Waals surface area (Å²) in [6, 6.07) is 10.2. The van der Waals surface area contributed by atoms with E-state index >= 15 is 0 Å². The minimum absolute atomic E-state index is 0.0258. The molecule has 2 fully saturated rings. The van der Waals surface area contributed by atoms with Crippen LogP contribution < -0.4 is 0 Å². The molecule has 0 spiro atoms. The second-order valence-corrected chi connectivity index (χ2v) is 16.4. The summed E-state index contributed by atoms with van der Waals surface area (Å²) in [6.45, 7) is 18.2. The zero-order valence-corrected chi connectivity index (χ0v) is 22.7. The molecule has 2 aliphatic heterocycles. The van der Waals surface area contributed by atoms with Crippen molar-refractivity contribution >= 4 is 8.32 Å². The van der Waals surface area contributed by atoms with Gasteiger partial charge in [0.2, 0.25) is 0 Å². The van der Waals surface area contributed by atoms with E-state index in [0.717, 1.165) is 12.8 Å². The van der Waals surface area contributed by atoms with Crippen LogP contribution in [0.1, 0.15) is 59.9 Å². The van der Waals surface area contributed by atoms with E-state index in [9.17, 15) is 5.11 Å². The highest BCUT2D eigenvalue weighted by Crippen LogP contribution is 2.42. The van der Waals surface area contributed by atoms with Crippen LogP contribution in [-0.2, 0) is 30.0 Å². The molecule has 0 aliphatic carbocycles. The molecular weight excluding hydrogens is 436 g/mol. The Balaban J connectivity index is 1.62. The predicted octanol–water partition coefficient (Wildman–Crippen LogP) is 5.25. The van der Waals surface area contributed by atoms with Gasteiger partial charge in [-0.2, -0.15) is 0 Å². The highest BCUT2D eigenvalue weighted by Gasteiger charge is 2.56. The predicted molar refractivity (Wildman–Crippen MR) is 131 cm³/mol. The van der Waals surface area contributed by atoms with Gasteiger partial charge in [-0.25, -0.2) is 0 Å². The first-order valence-corrected chi connectivity index (χ1v) is 15.2. The minimum atomic E-state index is -1.94. The van der Waals surface area contributed by atoms with Crippen molar-refractivity contribution in [1.29, 1.82) is 0 Å². The summed E-state index contributed by atoms with van der Waals surface area (Å²) >= 11 is 0. The molecule has 1 aromatic carbocycles. The van der Waals surface area contributed by atoms with Crippen LogP contribution in [0, 0.1) is 5.92 Å². The van der Waals surface area contributed by atoms with E-state index in [-0.39, 0.29) is 23.2 Å². The Morgan fingerprint density at radius 1 is 1.09 bits per heavy atom. The zero-order valence-electron chi connectivity index (χ0n) is 21.7. The quantitative estimate of drug-likeness (QED) is 0.462. The Kier molecular flexibility index (Phi) is 8.48. The van der Waals surface area contributed by atoms with Crippen molar-refractivity contribution in [2.75, 3.05) is 6.61 Å². The average molecular weight is 481 g/mol. The van der Waals surface area contributed by atoms with E-state index in [1.165, 1.54) is 5.56 Å². The third kappa shape index (κ3) is 6.87. The van der Waals surface area contributed by atoms with Crippen molar-refractivity contribution < 1.29 is 28.5 Å². The molecule has 1 N–H and O–H groups in total. The van der Waals surface area contributed by atoms with Gasteiger partial charge in [0.05, 0.1) is 18.8 Å². The van der Waals surface area contributed by atoms with Gasteiger partial charge < -0.3 is 28.5 Å². The standard InChI is InChI=1S/C26H44O6Si/c1-18(28-16-19-12-10-9-11-13-19)14-15-20(17-29-33(7,8)25(2,3)4)22-21(27)23-24(30-22)32-26(5,6)31-23/h9-13,18,20-24,27H,14-17H2,1-8H3/t18?,20-,21-,22-,23+,24+/m0/s1. The summed E-state index contributed by atoms with van der Waals surface area (Å²) in [6.07, 6.45) is -0.366. The van der Waals surface area contributed by atoms with Gasteiger partial charge in [0.15, 0.2) is 20.4 Å². The van der Waals surface area contributed by atoms with Gasteiger partial charge in [0, 0.05) is 12.5 Å². The second kappa shape index (κ2) is 10.4. The van der Waals surface area contributed by atoms with E-state index < -0.39 is 32.6 Å². The third-order valence-electron chi connectivity index (χ3n) is 7.30. The van der Waals surface area contributed by atoms with Crippen molar-refractivity contribution in [2.45, 2.75) is 116 Å². The Morgan fingerprint density at radius 2 is 1.76 bits per heavy atom. The first-order chi connectivity index (χ1) is 15.3. The maximum Gasteiger partial charge on any atom is 0.191 e. The van der Waals surface area contributed by atoms with Crippen LogP contribution >= 0.6 is 0 Å². The van der Waals surface area contributed by atoms with Crippen LogP contribution in [0.25, 0.3) is 0 Å². The lowest BCUT2D eigenvalue weighted by Crippen LogP contribution is -2.45. The van der Waals surface area contributed by atoms with Crippen LogP contribution in [0.3, 0.4) is 0 Å². The smallest absolute Gasteiger partial charge is 0.191 e. The topological polar surface area (TPSA) is 66.4 Å². The minimum Gasteiger partial charge on any atom is -0.416 e. The highest BCUT2D eigenvalue weighted by atomic mass is 28.4. The number of rotatable bonds is 10. The number of aliphatic hydroxyl groups excluding tert-OH is 1. The molecule has 0 radical (unpaired) electrons. The molecule has 7 heteroatoms. The van der Waals surface area contributed by atoms with Crippen LogP contribution in [0.15, 0.2) is 30.3 Å². The fraction of sp³-hybridized carbons (Fsp3) is 0.769. The Morgan fingerprint density at radius 3 is 2.36 bits per heavy atom. The lowest BCUT2D eigenvalue weighted by Gasteiger charge is -2.38. The van der Waals surface area contributed by atoms with E-state index in [2.05, 4.69) is 52.9 Å². The SMILES string of the molecule is CC(CC[C@@H](CO[Si](C)(C)C(C)(C)C)[C@@H]1O[C@@H]2OC(C)(C)O[C@@H]2[C@H]1O)OCc1ccccc1. The van der Waals surface area contributed by atoms with Gasteiger partial charge in [-0.15, -0.1) is 0 Å². The molecule has 1 aromatic rings. The van der Waals surface area contributed by atoms with Crippen molar-refractivity contribution in [3.8, 4) is 0 Å². The number of benzene rings is 1. The van der Waals surface area contributed by atoms with Gasteiger partial charge in [0.25, 0.3) is 0 Å². The monoisotopic (exact) mass is 480 g/mol. The van der Waals surface area contributed by atoms with Crippen LogP contribution in [-0.4, -0.2) is 56.5 Å². The normalized spacial score (nSPS) is 29.1. The molecule has 6 nitrogen and oxygen atoms in total. The summed E-state index contributed by atoms with van der Waals surface area (Å²) in [4.78, 5) is 0. The van der Waals surface area contributed by atoms with E-state index in [4.69, 9.17) is 23.4 Å². The molecule has 2 aliphatic rings. The van der Waals surface area contributed by atoms with Gasteiger partial charge in [-0.3, -0.25) is 0 Å². The van der Waals surface area contributed by atoms with Gasteiger partial charge >= 0.3 is 0 Å². The zero-order chi connectivity index (χ0) is 24.4. The summed E-state index contributed by atoms with van der Waals surface area (Å²) in [5, 5.41) is 11.2. The maximum atomic E-state index is 11.1. The van der Waals surface area contributed by atoms with Gasteiger partial charge in [-0.05, 0) is 57.3 Å². The molecule has 6 atom stereocenters. The Hall–Kier alpha value is -0.803. The molecule has 0 saturated carbocycles. The number of hydrogen-bond donors (Lipinski definition) is 1. The first-order valence-electron chi connectivity index (χ1n) is 12.3. The van der Waals surface area contributed by atoms with E-state index in [1.807, 2.05) is 32.0 Å². The molecule has 0 aromatic heterocycles. The molecule has 0 amide bonds. The number of ether oxygens (including phenoxy) is 4. The largest absolute Gasteiger partial charge is 0.416 e. The number of fused-ring (bicyclic) bond motifs is 1. The van der Waals surface area contributed by atoms with Crippen molar-refractivity contribution in [2.24, 2.45) is 5.92 Å². The fourth-order valence-corrected chi connectivity index (χ4v) is 5.19. The lowest BCUT2D eigenvalue weighted by molar-refractivity contribution is -0.222. The van der Waals surface area contributed by atoms with Crippen molar-refractivity contribution in [1.82, 2.24) is 0 Å². The summed E-state index contributed by atoms with van der Waals surface area (Å²) in [7, 11) is -1.94. The molecule has 33 heavy (non-hydrogen) atoms. The fourth-order valence-electron chi connectivity index (χ4n) is 4.13. The first kappa shape index (κ1) is 26.8. The van der Waals surface area contributed by atoms with Crippen molar-refractivity contribution in [3.63, 3.8) is 0 Å². The van der Waals surface area contributed by atoms with Gasteiger partial charge in [-0.1, -0.05) is 51.1 Å². The summed E-state index contributed by atoms with van der Waals surface area (Å²) in [5.74, 6) is -0.716. The number of hydrogen-bond acceptors (Lipinski definition) is 6. The van der Waals surface area contributed by atoms with Crippen LogP contribution in [0.5, 0.6) is 0 Å². The molecule has 3 rings (SSSR count). The van der Waals surface area contributed by atoms with Crippen LogP contribution in [0.4, 0.5) is 0 Å². The summed E-state index contributed by atoms with van der Waals surface area (Å²) < 4.78 is 30.7. The molecule has 1 unspecified atom stereocenters. The average Bonchev–Trinajstić information content (AvgIpc) is 3.18. The second-order valence-electron chi connectivity index (χ2n) is 11.6. The highest BCUT2D eigenvalue weighted by molar-refractivity contribution is 6.74. The van der Waals surface area contributed by atoms with E-state index in [1.54, 1.807) is 0 Å². The number of aliphatic hydroxyl groups is 1. The lowest BCUT2D eigenvalue weighted by atomic mass is 9.92. The maximum absolute atomic E-state index is 11.1. The van der Waals surface area contributed by atoms with Crippen molar-refractivity contribution in [3.05, 3.63) is 35.9 Å². The summed E-state index contributed by atoms with van der Waals surface area (Å²) in [5.41, 5.74) is 1.17. The molecule has 2 heterocycles. The Labute approximate surface area is 201 Å². The molecular formula is C26H44O6Si. The van der Waals surface area contributed by atoms with Gasteiger partial charge in [0.1, 0.15) is 12.2 Å². The molecule has 188 valence electrons. The Bertz CT molecular complexity index is 747. The molecule has 2 saturated heterocycles. The molecule has 0 bridgehead atoms. The third-order valence-corrected chi connectivity index (χ3v) is 11.8. The van der Waals surface area contributed by atoms with Crippen LogP contribution in [0.2, 0.25) is 18.1 Å².